The van der Waals surface area contributed by atoms with E-state index in [-0.39, 0.29) is 11.7 Å². The molecule has 7 heteroatoms. The van der Waals surface area contributed by atoms with Gasteiger partial charge < -0.3 is 9.64 Å². The van der Waals surface area contributed by atoms with Gasteiger partial charge in [0.2, 0.25) is 10.0 Å². The van der Waals surface area contributed by atoms with Crippen LogP contribution in [0.3, 0.4) is 0 Å². The molecule has 0 unspecified atom stereocenters. The largest absolute Gasteiger partial charge is 0.378 e. The van der Waals surface area contributed by atoms with E-state index in [1.165, 1.54) is 0 Å². The van der Waals surface area contributed by atoms with Crippen LogP contribution in [0, 0.1) is 5.92 Å². The molecule has 23 heavy (non-hydrogen) atoms. The molecule has 128 valence electrons. The first-order valence-electron chi connectivity index (χ1n) is 8.16. The number of hydrogen-bond acceptors (Lipinski definition) is 4. The van der Waals surface area contributed by atoms with Gasteiger partial charge in [0.1, 0.15) is 0 Å². The number of ether oxygens (including phenoxy) is 1. The fourth-order valence-electron chi connectivity index (χ4n) is 3.37. The van der Waals surface area contributed by atoms with Gasteiger partial charge in [0.05, 0.1) is 30.3 Å². The van der Waals surface area contributed by atoms with Gasteiger partial charge in [-0.3, -0.25) is 4.72 Å². The highest BCUT2D eigenvalue weighted by Crippen LogP contribution is 2.32. The molecule has 2 aliphatic rings. The summed E-state index contributed by atoms with van der Waals surface area (Å²) in [5.74, 6) is 0.473. The van der Waals surface area contributed by atoms with Crippen molar-refractivity contribution >= 4 is 33.0 Å². The van der Waals surface area contributed by atoms with Crippen molar-refractivity contribution in [1.29, 1.82) is 0 Å². The summed E-state index contributed by atoms with van der Waals surface area (Å²) in [6.07, 6.45) is 4.28. The van der Waals surface area contributed by atoms with Gasteiger partial charge in [0.15, 0.2) is 0 Å². The third-order valence-corrected chi connectivity index (χ3v) is 6.18. The molecule has 2 fully saturated rings. The third-order valence-electron chi connectivity index (χ3n) is 4.51. The molecule has 1 heterocycles. The van der Waals surface area contributed by atoms with E-state index in [1.54, 1.807) is 12.1 Å². The highest BCUT2D eigenvalue weighted by atomic mass is 35.5. The number of halogens is 1. The SMILES string of the molecule is O=S(=O)(CC1CCCC1)Nc1cc(Cl)ccc1N1CCOCC1. The number of anilines is 2. The second-order valence-electron chi connectivity index (χ2n) is 6.29. The number of benzene rings is 1. The van der Waals surface area contributed by atoms with Crippen LogP contribution in [0.25, 0.3) is 0 Å². The minimum atomic E-state index is -3.36. The minimum Gasteiger partial charge on any atom is -0.378 e. The number of hydrogen-bond donors (Lipinski definition) is 1. The van der Waals surface area contributed by atoms with E-state index in [4.69, 9.17) is 16.3 Å². The maximum atomic E-state index is 12.5. The molecule has 0 aromatic heterocycles. The van der Waals surface area contributed by atoms with Gasteiger partial charge in [-0.15, -0.1) is 0 Å². The van der Waals surface area contributed by atoms with E-state index >= 15 is 0 Å². The van der Waals surface area contributed by atoms with E-state index in [1.807, 2.05) is 6.07 Å². The lowest BCUT2D eigenvalue weighted by molar-refractivity contribution is 0.123. The summed E-state index contributed by atoms with van der Waals surface area (Å²) >= 11 is 6.08. The lowest BCUT2D eigenvalue weighted by Gasteiger charge is -2.30. The second kappa shape index (κ2) is 7.28. The monoisotopic (exact) mass is 358 g/mol. The fraction of sp³-hybridized carbons (Fsp3) is 0.625. The lowest BCUT2D eigenvalue weighted by Crippen LogP contribution is -2.37. The van der Waals surface area contributed by atoms with Crippen LogP contribution in [0.15, 0.2) is 18.2 Å². The predicted molar refractivity (Wildman–Crippen MR) is 93.9 cm³/mol. The van der Waals surface area contributed by atoms with Gasteiger partial charge in [-0.25, -0.2) is 8.42 Å². The Morgan fingerprint density at radius 1 is 1.22 bits per heavy atom. The summed E-state index contributed by atoms with van der Waals surface area (Å²) in [5, 5.41) is 0.528. The molecule has 1 saturated carbocycles. The van der Waals surface area contributed by atoms with Crippen LogP contribution in [0.5, 0.6) is 0 Å². The molecule has 1 aromatic rings. The average Bonchev–Trinajstić information content (AvgIpc) is 3.00. The zero-order valence-corrected chi connectivity index (χ0v) is 14.7. The van der Waals surface area contributed by atoms with Crippen LogP contribution in [0.2, 0.25) is 5.02 Å². The van der Waals surface area contributed by atoms with Crippen molar-refractivity contribution in [2.75, 3.05) is 41.7 Å². The van der Waals surface area contributed by atoms with Gasteiger partial charge in [0, 0.05) is 18.1 Å². The molecule has 3 rings (SSSR count). The Labute approximate surface area is 143 Å². The average molecular weight is 359 g/mol. The van der Waals surface area contributed by atoms with Gasteiger partial charge >= 0.3 is 0 Å². The number of rotatable bonds is 5. The Balaban J connectivity index is 1.78. The number of nitrogens with one attached hydrogen (secondary N) is 1. The quantitative estimate of drug-likeness (QED) is 0.878. The van der Waals surface area contributed by atoms with Gasteiger partial charge in [-0.05, 0) is 37.0 Å². The summed E-state index contributed by atoms with van der Waals surface area (Å²) in [4.78, 5) is 2.13. The Bertz CT molecular complexity index is 639. The van der Waals surface area contributed by atoms with E-state index in [0.717, 1.165) is 44.5 Å². The number of sulfonamides is 1. The van der Waals surface area contributed by atoms with Crippen molar-refractivity contribution in [3.63, 3.8) is 0 Å². The molecule has 0 radical (unpaired) electrons. The first kappa shape index (κ1) is 16.9. The van der Waals surface area contributed by atoms with Crippen LogP contribution in [-0.4, -0.2) is 40.5 Å². The Kier molecular flexibility index (Phi) is 5.34. The summed E-state index contributed by atoms with van der Waals surface area (Å²) < 4.78 is 33.1. The number of nitrogens with zero attached hydrogens (tertiary/aromatic N) is 1. The van der Waals surface area contributed by atoms with Crippen LogP contribution in [-0.2, 0) is 14.8 Å². The molecule has 5 nitrogen and oxygen atoms in total. The molecule has 1 aliphatic carbocycles. The molecule has 0 spiro atoms. The fourth-order valence-corrected chi connectivity index (χ4v) is 5.07. The summed E-state index contributed by atoms with van der Waals surface area (Å²) in [5.41, 5.74) is 1.44. The number of morpholine rings is 1. The Morgan fingerprint density at radius 2 is 1.91 bits per heavy atom. The molecule has 1 aliphatic heterocycles. The first-order chi connectivity index (χ1) is 11.0. The zero-order chi connectivity index (χ0) is 16.3. The predicted octanol–water partition coefficient (Wildman–Crippen LogP) is 3.11. The summed E-state index contributed by atoms with van der Waals surface area (Å²) in [6, 6.07) is 5.36. The Morgan fingerprint density at radius 3 is 2.61 bits per heavy atom. The van der Waals surface area contributed by atoms with Crippen LogP contribution in [0.4, 0.5) is 11.4 Å². The molecule has 1 N–H and O–H groups in total. The topological polar surface area (TPSA) is 58.6 Å². The normalized spacial score (nSPS) is 20.0. The van der Waals surface area contributed by atoms with E-state index in [0.29, 0.717) is 23.9 Å². The molecule has 1 aromatic carbocycles. The second-order valence-corrected chi connectivity index (χ2v) is 8.50. The van der Waals surface area contributed by atoms with E-state index in [9.17, 15) is 8.42 Å². The van der Waals surface area contributed by atoms with Crippen LogP contribution in [0.1, 0.15) is 25.7 Å². The van der Waals surface area contributed by atoms with Crippen LogP contribution < -0.4 is 9.62 Å². The van der Waals surface area contributed by atoms with Crippen molar-refractivity contribution < 1.29 is 13.2 Å². The molecule has 0 bridgehead atoms. The van der Waals surface area contributed by atoms with E-state index < -0.39 is 10.0 Å². The van der Waals surface area contributed by atoms with Crippen molar-refractivity contribution in [1.82, 2.24) is 0 Å². The molecule has 0 amide bonds. The minimum absolute atomic E-state index is 0.196. The van der Waals surface area contributed by atoms with Gasteiger partial charge in [0.25, 0.3) is 0 Å². The van der Waals surface area contributed by atoms with Gasteiger partial charge in [-0.1, -0.05) is 24.4 Å². The summed E-state index contributed by atoms with van der Waals surface area (Å²) in [7, 11) is -3.36. The van der Waals surface area contributed by atoms with E-state index in [2.05, 4.69) is 9.62 Å². The standard InChI is InChI=1S/C16H23ClN2O3S/c17-14-5-6-16(19-7-9-22-10-8-19)15(11-14)18-23(20,21)12-13-3-1-2-4-13/h5-6,11,13,18H,1-4,7-10,12H2. The smallest absolute Gasteiger partial charge is 0.233 e. The highest BCUT2D eigenvalue weighted by molar-refractivity contribution is 7.92. The maximum Gasteiger partial charge on any atom is 0.233 e. The molecule has 0 atom stereocenters. The first-order valence-corrected chi connectivity index (χ1v) is 10.2. The van der Waals surface area contributed by atoms with Crippen molar-refractivity contribution in [3.8, 4) is 0 Å². The Hall–Kier alpha value is -0.980. The van der Waals surface area contributed by atoms with Crippen molar-refractivity contribution in [2.24, 2.45) is 5.92 Å². The molecular formula is C16H23ClN2O3S. The zero-order valence-electron chi connectivity index (χ0n) is 13.1. The third kappa shape index (κ3) is 4.52. The summed E-state index contributed by atoms with van der Waals surface area (Å²) in [6.45, 7) is 2.80. The maximum absolute atomic E-state index is 12.5. The van der Waals surface area contributed by atoms with Crippen LogP contribution >= 0.6 is 11.6 Å². The molecular weight excluding hydrogens is 336 g/mol. The molecule has 1 saturated heterocycles. The van der Waals surface area contributed by atoms with Crippen molar-refractivity contribution in [3.05, 3.63) is 23.2 Å². The van der Waals surface area contributed by atoms with Crippen molar-refractivity contribution in [2.45, 2.75) is 25.7 Å². The highest BCUT2D eigenvalue weighted by Gasteiger charge is 2.24. The lowest BCUT2D eigenvalue weighted by atomic mass is 10.1. The van der Waals surface area contributed by atoms with Gasteiger partial charge in [-0.2, -0.15) is 0 Å².